The van der Waals surface area contributed by atoms with E-state index in [4.69, 9.17) is 28.5 Å². The Morgan fingerprint density at radius 3 is 2.76 bits per heavy atom. The standard InChI is InChI=1S/C9H8Cl2N2O2S2/c10-8-4-7(9(11)16-8)17(14,15)13-3-1-2-6(13)5-12/h4,6H,1-3H2. The zero-order valence-electron chi connectivity index (χ0n) is 8.56. The minimum Gasteiger partial charge on any atom is -0.207 e. The highest BCUT2D eigenvalue weighted by Gasteiger charge is 2.37. The van der Waals surface area contributed by atoms with Crippen molar-refractivity contribution in [3.63, 3.8) is 0 Å². The topological polar surface area (TPSA) is 61.2 Å². The molecule has 1 fully saturated rings. The molecule has 2 rings (SSSR count). The summed E-state index contributed by atoms with van der Waals surface area (Å²) < 4.78 is 26.2. The maximum atomic E-state index is 12.3. The van der Waals surface area contributed by atoms with Gasteiger partial charge in [0, 0.05) is 6.54 Å². The fourth-order valence-corrected chi connectivity index (χ4v) is 5.51. The predicted molar refractivity (Wildman–Crippen MR) is 66.9 cm³/mol. The normalized spacial score (nSPS) is 21.6. The molecule has 0 bridgehead atoms. The van der Waals surface area contributed by atoms with Crippen LogP contribution in [0.2, 0.25) is 8.67 Å². The van der Waals surface area contributed by atoms with E-state index in [0.717, 1.165) is 11.3 Å². The van der Waals surface area contributed by atoms with E-state index in [9.17, 15) is 8.42 Å². The molecular formula is C9H8Cl2N2O2S2. The molecule has 1 aliphatic heterocycles. The molecule has 1 atom stereocenters. The van der Waals surface area contributed by atoms with Crippen molar-refractivity contribution in [2.45, 2.75) is 23.8 Å². The van der Waals surface area contributed by atoms with E-state index < -0.39 is 16.1 Å². The second kappa shape index (κ2) is 4.75. The average molecular weight is 311 g/mol. The Hall–Kier alpha value is -0.320. The van der Waals surface area contributed by atoms with Crippen LogP contribution in [0.15, 0.2) is 11.0 Å². The first-order valence-electron chi connectivity index (χ1n) is 4.83. The van der Waals surface area contributed by atoms with E-state index in [-0.39, 0.29) is 9.23 Å². The van der Waals surface area contributed by atoms with Crippen LogP contribution in [0.4, 0.5) is 0 Å². The van der Waals surface area contributed by atoms with E-state index in [2.05, 4.69) is 0 Å². The largest absolute Gasteiger partial charge is 0.246 e. The van der Waals surface area contributed by atoms with Crippen LogP contribution >= 0.6 is 34.5 Å². The van der Waals surface area contributed by atoms with E-state index in [1.807, 2.05) is 6.07 Å². The minimum absolute atomic E-state index is 0.00341. The lowest BCUT2D eigenvalue weighted by molar-refractivity contribution is 0.438. The maximum absolute atomic E-state index is 12.3. The lowest BCUT2D eigenvalue weighted by atomic mass is 10.2. The lowest BCUT2D eigenvalue weighted by Gasteiger charge is -2.18. The third-order valence-corrected chi connectivity index (χ3v) is 6.23. The first kappa shape index (κ1) is 13.1. The summed E-state index contributed by atoms with van der Waals surface area (Å²) >= 11 is 12.6. The van der Waals surface area contributed by atoms with Gasteiger partial charge in [-0.2, -0.15) is 9.57 Å². The quantitative estimate of drug-likeness (QED) is 0.843. The molecule has 1 saturated heterocycles. The van der Waals surface area contributed by atoms with Gasteiger partial charge in [0.25, 0.3) is 0 Å². The van der Waals surface area contributed by atoms with Crippen LogP contribution in [0, 0.1) is 11.3 Å². The Morgan fingerprint density at radius 1 is 1.53 bits per heavy atom. The Morgan fingerprint density at radius 2 is 2.24 bits per heavy atom. The molecule has 0 aromatic carbocycles. The summed E-state index contributed by atoms with van der Waals surface area (Å²) in [5.74, 6) is 0. The summed E-state index contributed by atoms with van der Waals surface area (Å²) in [6.07, 6.45) is 1.25. The van der Waals surface area contributed by atoms with Gasteiger partial charge >= 0.3 is 0 Å². The predicted octanol–water partition coefficient (Wildman–Crippen LogP) is 2.73. The SMILES string of the molecule is N#CC1CCCN1S(=O)(=O)c1cc(Cl)sc1Cl. The van der Waals surface area contributed by atoms with Gasteiger partial charge in [-0.1, -0.05) is 23.2 Å². The molecule has 0 amide bonds. The van der Waals surface area contributed by atoms with E-state index >= 15 is 0 Å². The summed E-state index contributed by atoms with van der Waals surface area (Å²) in [4.78, 5) is -0.00341. The number of hydrogen-bond acceptors (Lipinski definition) is 4. The Kier molecular flexibility index (Phi) is 3.66. The lowest BCUT2D eigenvalue weighted by Crippen LogP contribution is -2.34. The maximum Gasteiger partial charge on any atom is 0.246 e. The molecule has 4 nitrogen and oxygen atoms in total. The van der Waals surface area contributed by atoms with Gasteiger partial charge in [0.05, 0.1) is 10.4 Å². The molecule has 1 aliphatic rings. The van der Waals surface area contributed by atoms with Gasteiger partial charge in [-0.25, -0.2) is 8.42 Å². The molecule has 1 aromatic rings. The van der Waals surface area contributed by atoms with Crippen molar-refractivity contribution in [2.24, 2.45) is 0 Å². The first-order chi connectivity index (χ1) is 7.96. The highest BCUT2D eigenvalue weighted by Crippen LogP contribution is 2.37. The highest BCUT2D eigenvalue weighted by molar-refractivity contribution is 7.89. The molecule has 0 N–H and O–H groups in total. The van der Waals surface area contributed by atoms with Gasteiger partial charge in [-0.15, -0.1) is 11.3 Å². The fraction of sp³-hybridized carbons (Fsp3) is 0.444. The van der Waals surface area contributed by atoms with Gasteiger partial charge < -0.3 is 0 Å². The molecule has 2 heterocycles. The van der Waals surface area contributed by atoms with E-state index in [1.54, 1.807) is 0 Å². The number of nitrogens with zero attached hydrogens (tertiary/aromatic N) is 2. The van der Waals surface area contributed by atoms with Gasteiger partial charge in [0.2, 0.25) is 10.0 Å². The molecule has 92 valence electrons. The molecule has 0 aliphatic carbocycles. The number of sulfonamides is 1. The molecule has 1 unspecified atom stereocenters. The van der Waals surface area contributed by atoms with Crippen LogP contribution in [0.5, 0.6) is 0 Å². The molecular weight excluding hydrogens is 303 g/mol. The molecule has 0 radical (unpaired) electrons. The fourth-order valence-electron chi connectivity index (χ4n) is 1.78. The van der Waals surface area contributed by atoms with Crippen LogP contribution in [-0.2, 0) is 10.0 Å². The molecule has 1 aromatic heterocycles. The smallest absolute Gasteiger partial charge is 0.207 e. The minimum atomic E-state index is -3.70. The summed E-state index contributed by atoms with van der Waals surface area (Å²) in [7, 11) is -3.70. The zero-order valence-corrected chi connectivity index (χ0v) is 11.7. The van der Waals surface area contributed by atoms with Crippen LogP contribution in [0.3, 0.4) is 0 Å². The van der Waals surface area contributed by atoms with E-state index in [0.29, 0.717) is 23.7 Å². The van der Waals surface area contributed by atoms with Crippen LogP contribution in [0.1, 0.15) is 12.8 Å². The third kappa shape index (κ3) is 2.30. The van der Waals surface area contributed by atoms with Crippen LogP contribution in [-0.4, -0.2) is 25.3 Å². The number of nitriles is 1. The molecule has 0 spiro atoms. The van der Waals surface area contributed by atoms with Gasteiger partial charge in [0.15, 0.2) is 0 Å². The second-order valence-electron chi connectivity index (χ2n) is 3.59. The number of halogens is 2. The molecule has 0 saturated carbocycles. The van der Waals surface area contributed by atoms with Crippen LogP contribution in [0.25, 0.3) is 0 Å². The Labute approximate surface area is 113 Å². The van der Waals surface area contributed by atoms with Crippen molar-refractivity contribution in [1.29, 1.82) is 5.26 Å². The number of hydrogen-bond donors (Lipinski definition) is 0. The molecule has 17 heavy (non-hydrogen) atoms. The van der Waals surface area contributed by atoms with Crippen molar-refractivity contribution in [2.75, 3.05) is 6.54 Å². The van der Waals surface area contributed by atoms with Crippen molar-refractivity contribution < 1.29 is 8.42 Å². The zero-order chi connectivity index (χ0) is 12.6. The van der Waals surface area contributed by atoms with Gasteiger partial charge in [-0.05, 0) is 18.9 Å². The van der Waals surface area contributed by atoms with Crippen molar-refractivity contribution >= 4 is 44.6 Å². The Bertz CT molecular complexity index is 576. The second-order valence-corrected chi connectivity index (χ2v) is 7.74. The van der Waals surface area contributed by atoms with E-state index in [1.165, 1.54) is 10.4 Å². The molecule has 8 heteroatoms. The third-order valence-electron chi connectivity index (χ3n) is 2.56. The summed E-state index contributed by atoms with van der Waals surface area (Å²) in [5, 5.41) is 8.91. The Balaban J connectivity index is 2.44. The summed E-state index contributed by atoms with van der Waals surface area (Å²) in [6.45, 7) is 0.352. The number of thiophene rings is 1. The van der Waals surface area contributed by atoms with Gasteiger partial charge in [0.1, 0.15) is 15.3 Å². The van der Waals surface area contributed by atoms with Crippen molar-refractivity contribution in [1.82, 2.24) is 4.31 Å². The van der Waals surface area contributed by atoms with Crippen molar-refractivity contribution in [3.8, 4) is 6.07 Å². The highest BCUT2D eigenvalue weighted by atomic mass is 35.5. The van der Waals surface area contributed by atoms with Gasteiger partial charge in [-0.3, -0.25) is 0 Å². The first-order valence-corrected chi connectivity index (χ1v) is 7.84. The number of rotatable bonds is 2. The average Bonchev–Trinajstić information content (AvgIpc) is 2.84. The van der Waals surface area contributed by atoms with Crippen molar-refractivity contribution in [3.05, 3.63) is 14.7 Å². The van der Waals surface area contributed by atoms with Crippen LogP contribution < -0.4 is 0 Å². The summed E-state index contributed by atoms with van der Waals surface area (Å²) in [5.41, 5.74) is 0. The monoisotopic (exact) mass is 310 g/mol. The summed E-state index contributed by atoms with van der Waals surface area (Å²) in [6, 6.07) is 2.72.